The minimum absolute atomic E-state index is 0.0214. The number of fused-ring (bicyclic) bond motifs is 1. The van der Waals surface area contributed by atoms with E-state index in [1.54, 1.807) is 0 Å². The lowest BCUT2D eigenvalue weighted by atomic mass is 9.88. The number of benzene rings is 2. The molecule has 21 heavy (non-hydrogen) atoms. The Hall–Kier alpha value is -2.40. The van der Waals surface area contributed by atoms with Crippen molar-refractivity contribution in [3.05, 3.63) is 71.3 Å². The van der Waals surface area contributed by atoms with Gasteiger partial charge < -0.3 is 0 Å². The maximum Gasteiger partial charge on any atom is 0.137 e. The van der Waals surface area contributed by atoms with Crippen molar-refractivity contribution in [3.8, 4) is 6.07 Å². The van der Waals surface area contributed by atoms with Gasteiger partial charge in [-0.15, -0.1) is 0 Å². The zero-order valence-electron chi connectivity index (χ0n) is 11.6. The molecule has 0 aromatic heterocycles. The summed E-state index contributed by atoms with van der Waals surface area (Å²) < 4.78 is 0. The molecule has 0 heterocycles. The van der Waals surface area contributed by atoms with Crippen LogP contribution < -0.4 is 0 Å². The average Bonchev–Trinajstić information content (AvgIpc) is 3.13. The molecule has 2 aromatic carbocycles. The van der Waals surface area contributed by atoms with Crippen LogP contribution in [0.1, 0.15) is 35.4 Å². The Morgan fingerprint density at radius 2 is 1.71 bits per heavy atom. The van der Waals surface area contributed by atoms with E-state index >= 15 is 0 Å². The molecule has 2 fully saturated rings. The molecule has 0 bridgehead atoms. The van der Waals surface area contributed by atoms with E-state index in [2.05, 4.69) is 18.2 Å². The van der Waals surface area contributed by atoms with Gasteiger partial charge in [-0.1, -0.05) is 42.5 Å². The molecule has 4 rings (SSSR count). The van der Waals surface area contributed by atoms with E-state index in [0.717, 1.165) is 6.42 Å². The van der Waals surface area contributed by atoms with Gasteiger partial charge in [-0.2, -0.15) is 5.26 Å². The van der Waals surface area contributed by atoms with Crippen LogP contribution in [0.3, 0.4) is 0 Å². The van der Waals surface area contributed by atoms with Gasteiger partial charge in [-0.25, -0.2) is 0 Å². The first kappa shape index (κ1) is 12.3. The first-order valence-corrected chi connectivity index (χ1v) is 7.35. The standard InChI is InChI=1S/C19H15NO/c20-12-13-6-8-15(9-7-13)19-11-10-16(21)18(19)17(19)14-4-2-1-3-5-14/h1-9,17-18H,10-11H2/t17-,18+,19+/m0/s1. The van der Waals surface area contributed by atoms with E-state index in [-0.39, 0.29) is 11.3 Å². The molecule has 2 saturated carbocycles. The minimum Gasteiger partial charge on any atom is -0.299 e. The number of carbonyl (C=O) groups is 1. The van der Waals surface area contributed by atoms with Crippen molar-refractivity contribution >= 4 is 5.78 Å². The highest BCUT2D eigenvalue weighted by Crippen LogP contribution is 2.72. The lowest BCUT2D eigenvalue weighted by Gasteiger charge is -2.15. The molecule has 3 atom stereocenters. The summed E-state index contributed by atoms with van der Waals surface area (Å²) in [6.07, 6.45) is 1.62. The summed E-state index contributed by atoms with van der Waals surface area (Å²) in [7, 11) is 0. The van der Waals surface area contributed by atoms with Gasteiger partial charge in [0, 0.05) is 23.7 Å². The highest BCUT2D eigenvalue weighted by atomic mass is 16.1. The Labute approximate surface area is 124 Å². The zero-order chi connectivity index (χ0) is 14.4. The van der Waals surface area contributed by atoms with Crippen molar-refractivity contribution in [2.24, 2.45) is 5.92 Å². The Kier molecular flexibility index (Phi) is 2.53. The van der Waals surface area contributed by atoms with Crippen LogP contribution in [0.4, 0.5) is 0 Å². The molecule has 0 aliphatic heterocycles. The van der Waals surface area contributed by atoms with Crippen LogP contribution in [0.25, 0.3) is 0 Å². The molecule has 2 aliphatic carbocycles. The minimum atomic E-state index is -0.0214. The number of Topliss-reactive ketones (excluding diaryl/α,β-unsaturated/α-hetero) is 1. The summed E-state index contributed by atoms with van der Waals surface area (Å²) in [5.74, 6) is 0.842. The summed E-state index contributed by atoms with van der Waals surface area (Å²) in [6, 6.07) is 20.3. The molecule has 2 heteroatoms. The number of hydrogen-bond acceptors (Lipinski definition) is 2. The van der Waals surface area contributed by atoms with Crippen LogP contribution in [0.2, 0.25) is 0 Å². The average molecular weight is 273 g/mol. The monoisotopic (exact) mass is 273 g/mol. The van der Waals surface area contributed by atoms with Crippen molar-refractivity contribution in [1.29, 1.82) is 5.26 Å². The summed E-state index contributed by atoms with van der Waals surface area (Å²) >= 11 is 0. The highest BCUT2D eigenvalue weighted by Gasteiger charge is 2.71. The van der Waals surface area contributed by atoms with Gasteiger partial charge in [-0.05, 0) is 29.7 Å². The van der Waals surface area contributed by atoms with Crippen molar-refractivity contribution < 1.29 is 4.79 Å². The van der Waals surface area contributed by atoms with Crippen molar-refractivity contribution in [2.45, 2.75) is 24.2 Å². The number of carbonyl (C=O) groups excluding carboxylic acids is 1. The van der Waals surface area contributed by atoms with Crippen molar-refractivity contribution in [1.82, 2.24) is 0 Å². The molecular weight excluding hydrogens is 258 g/mol. The normalized spacial score (nSPS) is 29.8. The molecule has 2 aliphatic rings. The van der Waals surface area contributed by atoms with Crippen LogP contribution in [0.5, 0.6) is 0 Å². The topological polar surface area (TPSA) is 40.9 Å². The van der Waals surface area contributed by atoms with Gasteiger partial charge >= 0.3 is 0 Å². The number of nitriles is 1. The van der Waals surface area contributed by atoms with Gasteiger partial charge in [0.2, 0.25) is 0 Å². The second kappa shape index (κ2) is 4.30. The third-order valence-electron chi connectivity index (χ3n) is 5.18. The molecule has 0 saturated heterocycles. The third kappa shape index (κ3) is 1.61. The summed E-state index contributed by atoms with van der Waals surface area (Å²) in [5.41, 5.74) is 3.13. The molecule has 102 valence electrons. The van der Waals surface area contributed by atoms with E-state index in [1.165, 1.54) is 11.1 Å². The Balaban J connectivity index is 1.78. The first-order chi connectivity index (χ1) is 10.3. The Morgan fingerprint density at radius 1 is 1.00 bits per heavy atom. The molecule has 0 amide bonds. The van der Waals surface area contributed by atoms with Gasteiger partial charge in [0.15, 0.2) is 0 Å². The molecule has 0 spiro atoms. The molecular formula is C19H15NO. The zero-order valence-corrected chi connectivity index (χ0v) is 11.6. The van der Waals surface area contributed by atoms with Gasteiger partial charge in [0.1, 0.15) is 5.78 Å². The first-order valence-electron chi connectivity index (χ1n) is 7.35. The van der Waals surface area contributed by atoms with Crippen molar-refractivity contribution in [3.63, 3.8) is 0 Å². The fourth-order valence-corrected chi connectivity index (χ4v) is 4.22. The smallest absolute Gasteiger partial charge is 0.137 e. The second-order valence-corrected chi connectivity index (χ2v) is 6.06. The second-order valence-electron chi connectivity index (χ2n) is 6.06. The van der Waals surface area contributed by atoms with E-state index in [9.17, 15) is 4.79 Å². The van der Waals surface area contributed by atoms with Gasteiger partial charge in [-0.3, -0.25) is 4.79 Å². The molecule has 0 radical (unpaired) electrons. The number of rotatable bonds is 2. The van der Waals surface area contributed by atoms with E-state index in [1.807, 2.05) is 42.5 Å². The molecule has 0 unspecified atom stereocenters. The third-order valence-corrected chi connectivity index (χ3v) is 5.18. The fraction of sp³-hybridized carbons (Fsp3) is 0.263. The van der Waals surface area contributed by atoms with E-state index in [0.29, 0.717) is 23.7 Å². The predicted octanol–water partition coefficient (Wildman–Crippen LogP) is 3.57. The van der Waals surface area contributed by atoms with Crippen LogP contribution in [-0.4, -0.2) is 5.78 Å². The van der Waals surface area contributed by atoms with E-state index < -0.39 is 0 Å². The Morgan fingerprint density at radius 3 is 2.38 bits per heavy atom. The summed E-state index contributed by atoms with van der Waals surface area (Å²) in [5, 5.41) is 8.94. The van der Waals surface area contributed by atoms with Crippen molar-refractivity contribution in [2.75, 3.05) is 0 Å². The quantitative estimate of drug-likeness (QED) is 0.839. The maximum atomic E-state index is 12.2. The molecule has 0 N–H and O–H groups in total. The van der Waals surface area contributed by atoms with Crippen LogP contribution in [-0.2, 0) is 10.2 Å². The number of ketones is 1. The summed E-state index contributed by atoms with van der Waals surface area (Å²) in [4.78, 5) is 12.2. The maximum absolute atomic E-state index is 12.2. The summed E-state index contributed by atoms with van der Waals surface area (Å²) in [6.45, 7) is 0. The Bertz CT molecular complexity index is 741. The predicted molar refractivity (Wildman–Crippen MR) is 79.7 cm³/mol. The van der Waals surface area contributed by atoms with Crippen LogP contribution in [0.15, 0.2) is 54.6 Å². The van der Waals surface area contributed by atoms with Crippen LogP contribution in [0, 0.1) is 17.2 Å². The highest BCUT2D eigenvalue weighted by molar-refractivity contribution is 5.92. The molecule has 2 aromatic rings. The lowest BCUT2D eigenvalue weighted by molar-refractivity contribution is -0.119. The SMILES string of the molecule is N#Cc1ccc([C@@]23CCC(=O)[C@@H]2[C@@H]3c2ccccc2)cc1. The van der Waals surface area contributed by atoms with Crippen LogP contribution >= 0.6 is 0 Å². The number of nitrogens with zero attached hydrogens (tertiary/aromatic N) is 1. The number of hydrogen-bond donors (Lipinski definition) is 0. The van der Waals surface area contributed by atoms with E-state index in [4.69, 9.17) is 5.26 Å². The van der Waals surface area contributed by atoms with Gasteiger partial charge in [0.05, 0.1) is 11.6 Å². The lowest BCUT2D eigenvalue weighted by Crippen LogP contribution is -2.08. The van der Waals surface area contributed by atoms with Gasteiger partial charge in [0.25, 0.3) is 0 Å². The molecule has 2 nitrogen and oxygen atoms in total. The fourth-order valence-electron chi connectivity index (χ4n) is 4.22. The largest absolute Gasteiger partial charge is 0.299 e.